The number of amides is 2. The fourth-order valence-electron chi connectivity index (χ4n) is 3.69. The van der Waals surface area contributed by atoms with Crippen LogP contribution in [0, 0.1) is 0 Å². The third kappa shape index (κ3) is 5.89. The molecule has 0 aliphatic rings. The largest absolute Gasteiger partial charge is 0.364 e. The minimum atomic E-state index is -4.16. The molecule has 4 aromatic carbocycles. The quantitative estimate of drug-likeness (QED) is 0.241. The Bertz CT molecular complexity index is 1670. The maximum atomic E-state index is 13.5. The van der Waals surface area contributed by atoms with Crippen molar-refractivity contribution in [3.63, 3.8) is 0 Å². The molecule has 5 rings (SSSR count). The molecule has 11 heteroatoms. The van der Waals surface area contributed by atoms with E-state index in [1.54, 1.807) is 66.7 Å². The van der Waals surface area contributed by atoms with E-state index < -0.39 is 21.8 Å². The molecule has 196 valence electrons. The molecule has 0 saturated heterocycles. The molecule has 3 N–H and O–H groups in total. The van der Waals surface area contributed by atoms with Crippen LogP contribution >= 0.6 is 0 Å². The van der Waals surface area contributed by atoms with Crippen molar-refractivity contribution in [3.05, 3.63) is 115 Å². The number of para-hydroxylation sites is 4. The number of anilines is 2. The van der Waals surface area contributed by atoms with Crippen molar-refractivity contribution < 1.29 is 22.8 Å². The Hall–Kier alpha value is -5.16. The summed E-state index contributed by atoms with van der Waals surface area (Å²) < 4.78 is 27.9. The second-order valence-corrected chi connectivity index (χ2v) is 10.1. The molecule has 0 aliphatic carbocycles. The monoisotopic (exact) mass is 541 g/mol. The van der Waals surface area contributed by atoms with Crippen LogP contribution in [-0.2, 0) is 14.8 Å². The molecule has 5 aromatic rings. The molecule has 0 atom stereocenters. The highest BCUT2D eigenvalue weighted by molar-refractivity contribution is 7.92. The van der Waals surface area contributed by atoms with Gasteiger partial charge in [-0.15, -0.1) is 0 Å². The molecule has 0 saturated carbocycles. The minimum Gasteiger partial charge on any atom is -0.364 e. The summed E-state index contributed by atoms with van der Waals surface area (Å²) in [7, 11) is -4.16. The van der Waals surface area contributed by atoms with Gasteiger partial charge in [-0.05, 0) is 60.7 Å². The van der Waals surface area contributed by atoms with Gasteiger partial charge in [-0.3, -0.25) is 14.9 Å². The molecule has 0 fully saturated rings. The van der Waals surface area contributed by atoms with Gasteiger partial charge in [0.1, 0.15) is 0 Å². The van der Waals surface area contributed by atoms with E-state index >= 15 is 0 Å². The fourth-order valence-corrected chi connectivity index (χ4v) is 4.95. The summed E-state index contributed by atoms with van der Waals surface area (Å²) in [4.78, 5) is 37.8. The van der Waals surface area contributed by atoms with Gasteiger partial charge in [-0.1, -0.05) is 53.0 Å². The van der Waals surface area contributed by atoms with Crippen LogP contribution in [0.15, 0.2) is 114 Å². The summed E-state index contributed by atoms with van der Waals surface area (Å²) in [5, 5.41) is 5.11. The Morgan fingerprint density at radius 3 is 2.15 bits per heavy atom. The number of sulfonamides is 1. The molecule has 0 spiro atoms. The van der Waals surface area contributed by atoms with Gasteiger partial charge in [-0.25, -0.2) is 4.98 Å². The molecule has 1 aromatic heterocycles. The fraction of sp³-hybridized carbons (Fsp3) is 0.0357. The van der Waals surface area contributed by atoms with Crippen LogP contribution in [0.25, 0.3) is 11.0 Å². The van der Waals surface area contributed by atoms with Gasteiger partial charge in [-0.2, -0.15) is 8.42 Å². The highest BCUT2D eigenvalue weighted by atomic mass is 32.2. The summed E-state index contributed by atoms with van der Waals surface area (Å²) in [5.74, 6) is -0.412. The van der Waals surface area contributed by atoms with Crippen molar-refractivity contribution in [1.82, 2.24) is 15.3 Å². The molecule has 39 heavy (non-hydrogen) atoms. The van der Waals surface area contributed by atoms with Crippen LogP contribution in [0.3, 0.4) is 0 Å². The van der Waals surface area contributed by atoms with E-state index in [2.05, 4.69) is 20.6 Å². The number of nitrogens with one attached hydrogen (secondary N) is 3. The van der Waals surface area contributed by atoms with Gasteiger partial charge in [0.15, 0.2) is 5.75 Å². The molecular weight excluding hydrogens is 518 g/mol. The Balaban J connectivity index is 1.26. The number of imidazole rings is 1. The van der Waals surface area contributed by atoms with E-state index in [0.717, 1.165) is 9.99 Å². The molecule has 2 amide bonds. The Morgan fingerprint density at radius 1 is 0.821 bits per heavy atom. The molecule has 0 aliphatic heterocycles. The van der Waals surface area contributed by atoms with Gasteiger partial charge < -0.3 is 15.1 Å². The number of aromatic amines is 1. The zero-order valence-electron chi connectivity index (χ0n) is 20.4. The first-order valence-corrected chi connectivity index (χ1v) is 13.3. The lowest BCUT2D eigenvalue weighted by Crippen LogP contribution is -2.34. The van der Waals surface area contributed by atoms with E-state index in [0.29, 0.717) is 17.0 Å². The smallest absolute Gasteiger partial charge is 0.295 e. The summed E-state index contributed by atoms with van der Waals surface area (Å²) in [6, 6.07) is 29.6. The van der Waals surface area contributed by atoms with Gasteiger partial charge >= 0.3 is 0 Å². The SMILES string of the molecule is O=C(CNC(=O)c1ccc(S(=O)(=O)N(Oc2ccccc2)c2ccccc2)cc1)Nc1nc2ccccc2[nH]1. The average Bonchev–Trinajstić information content (AvgIpc) is 3.38. The van der Waals surface area contributed by atoms with Crippen molar-refractivity contribution in [2.75, 3.05) is 16.3 Å². The van der Waals surface area contributed by atoms with Crippen LogP contribution in [0.1, 0.15) is 10.4 Å². The first-order chi connectivity index (χ1) is 18.9. The lowest BCUT2D eigenvalue weighted by molar-refractivity contribution is -0.115. The van der Waals surface area contributed by atoms with Crippen LogP contribution in [0.2, 0.25) is 0 Å². The van der Waals surface area contributed by atoms with Crippen LogP contribution in [-0.4, -0.2) is 36.7 Å². The standard InChI is InChI=1S/C28H23N5O5S/c34-26(32-28-30-24-13-7-8-14-25(24)31-28)19-29-27(35)20-15-17-23(18-16-20)39(36,37)33(21-9-3-1-4-10-21)38-22-11-5-2-6-12-22/h1-18H,19H2,(H,29,35)(H2,30,31,32,34). The number of rotatable bonds is 9. The van der Waals surface area contributed by atoms with Crippen molar-refractivity contribution in [2.24, 2.45) is 0 Å². The number of hydrogen-bond acceptors (Lipinski definition) is 6. The predicted molar refractivity (Wildman–Crippen MR) is 147 cm³/mol. The predicted octanol–water partition coefficient (Wildman–Crippen LogP) is 4.12. The second-order valence-electron chi connectivity index (χ2n) is 8.33. The number of fused-ring (bicyclic) bond motifs is 1. The summed E-state index contributed by atoms with van der Waals surface area (Å²) in [6.07, 6.45) is 0. The van der Waals surface area contributed by atoms with Crippen molar-refractivity contribution >= 4 is 44.5 Å². The van der Waals surface area contributed by atoms with Gasteiger partial charge in [0, 0.05) is 5.56 Å². The number of aromatic nitrogens is 2. The van der Waals surface area contributed by atoms with E-state index in [-0.39, 0.29) is 23.0 Å². The molecule has 1 heterocycles. The second kappa shape index (κ2) is 11.1. The minimum absolute atomic E-state index is 0.0820. The molecular formula is C28H23N5O5S. The zero-order chi connectivity index (χ0) is 27.2. The number of nitrogens with zero attached hydrogens (tertiary/aromatic N) is 2. The highest BCUT2D eigenvalue weighted by Gasteiger charge is 2.28. The summed E-state index contributed by atoms with van der Waals surface area (Å²) in [5.41, 5.74) is 1.96. The lowest BCUT2D eigenvalue weighted by Gasteiger charge is -2.24. The molecule has 10 nitrogen and oxygen atoms in total. The maximum Gasteiger partial charge on any atom is 0.295 e. The maximum absolute atomic E-state index is 13.5. The number of hydrogen-bond donors (Lipinski definition) is 3. The van der Waals surface area contributed by atoms with Gasteiger partial charge in [0.05, 0.1) is 28.2 Å². The first kappa shape index (κ1) is 25.5. The number of carbonyl (C=O) groups excluding carboxylic acids is 2. The molecule has 0 radical (unpaired) electrons. The number of benzene rings is 4. The normalized spacial score (nSPS) is 11.1. The number of H-pyrrole nitrogens is 1. The van der Waals surface area contributed by atoms with Crippen LogP contribution in [0.4, 0.5) is 11.6 Å². The van der Waals surface area contributed by atoms with Crippen LogP contribution < -0.4 is 19.9 Å². The summed E-state index contributed by atoms with van der Waals surface area (Å²) in [6.45, 7) is -0.303. The Morgan fingerprint density at radius 2 is 1.46 bits per heavy atom. The molecule has 0 bridgehead atoms. The first-order valence-electron chi connectivity index (χ1n) is 11.9. The zero-order valence-corrected chi connectivity index (χ0v) is 21.3. The third-order valence-electron chi connectivity index (χ3n) is 5.59. The van der Waals surface area contributed by atoms with E-state index in [4.69, 9.17) is 4.84 Å². The lowest BCUT2D eigenvalue weighted by atomic mass is 10.2. The van der Waals surface area contributed by atoms with Crippen LogP contribution in [0.5, 0.6) is 5.75 Å². The van der Waals surface area contributed by atoms with E-state index in [1.165, 1.54) is 24.3 Å². The van der Waals surface area contributed by atoms with Crippen molar-refractivity contribution in [2.45, 2.75) is 4.90 Å². The van der Waals surface area contributed by atoms with Gasteiger partial charge in [0.25, 0.3) is 15.9 Å². The average molecular weight is 542 g/mol. The van der Waals surface area contributed by atoms with Crippen molar-refractivity contribution in [1.29, 1.82) is 0 Å². The van der Waals surface area contributed by atoms with Gasteiger partial charge in [0.2, 0.25) is 11.9 Å². The third-order valence-corrected chi connectivity index (χ3v) is 7.18. The Kier molecular flexibility index (Phi) is 7.23. The molecule has 0 unspecified atom stereocenters. The number of carbonyl (C=O) groups is 2. The Labute approximate surface area is 224 Å². The topological polar surface area (TPSA) is 133 Å². The van der Waals surface area contributed by atoms with E-state index in [9.17, 15) is 18.0 Å². The highest BCUT2D eigenvalue weighted by Crippen LogP contribution is 2.26. The van der Waals surface area contributed by atoms with E-state index in [1.807, 2.05) is 18.2 Å². The van der Waals surface area contributed by atoms with Crippen molar-refractivity contribution in [3.8, 4) is 5.75 Å². The summed E-state index contributed by atoms with van der Waals surface area (Å²) >= 11 is 0.